The largest absolute Gasteiger partial charge is 0.616 e. The lowest BCUT2D eigenvalue weighted by Gasteiger charge is -2.02. The number of nitrogens with zero attached hydrogens (tertiary/aromatic N) is 1. The van der Waals surface area contributed by atoms with Crippen LogP contribution in [0, 0.1) is 19.1 Å². The van der Waals surface area contributed by atoms with Gasteiger partial charge in [-0.3, -0.25) is 0 Å². The van der Waals surface area contributed by atoms with Gasteiger partial charge in [0, 0.05) is 13.8 Å². The van der Waals surface area contributed by atoms with E-state index in [1.54, 1.807) is 13.8 Å². The Balaban J connectivity index is 1.99. The number of benzene rings is 2. The first-order chi connectivity index (χ1) is 9.66. The van der Waals surface area contributed by atoms with Gasteiger partial charge in [0.15, 0.2) is 5.76 Å². The van der Waals surface area contributed by atoms with E-state index in [-0.39, 0.29) is 0 Å². The zero-order valence-electron chi connectivity index (χ0n) is 11.5. The zero-order valence-corrected chi connectivity index (χ0v) is 11.5. The van der Waals surface area contributed by atoms with Crippen LogP contribution in [0.15, 0.2) is 59.0 Å². The number of aromatic nitrogens is 1. The predicted octanol–water partition coefficient (Wildman–Crippen LogP) is 3.86. The highest BCUT2D eigenvalue weighted by atomic mass is 16.5. The Morgan fingerprint density at radius 2 is 1.35 bits per heavy atom. The maximum absolute atomic E-state index is 12.0. The lowest BCUT2D eigenvalue weighted by Crippen LogP contribution is -2.29. The standard InChI is InChI=1S/C17H15NO2/c1-12-13(2)20-17(18(12)19)16-10-8-15(9-11-16)14-6-4-3-5-7-14/h3-11H,1-2H3. The highest BCUT2D eigenvalue weighted by molar-refractivity contribution is 5.66. The zero-order chi connectivity index (χ0) is 14.1. The van der Waals surface area contributed by atoms with E-state index in [1.807, 2.05) is 42.5 Å². The summed E-state index contributed by atoms with van der Waals surface area (Å²) < 4.78 is 6.37. The summed E-state index contributed by atoms with van der Waals surface area (Å²) in [5, 5.41) is 12.0. The van der Waals surface area contributed by atoms with Crippen molar-refractivity contribution in [3.63, 3.8) is 0 Å². The summed E-state index contributed by atoms with van der Waals surface area (Å²) in [5.41, 5.74) is 3.66. The molecule has 0 bridgehead atoms. The molecule has 0 N–H and O–H groups in total. The lowest BCUT2D eigenvalue weighted by atomic mass is 10.0. The second kappa shape index (κ2) is 4.85. The number of hydrogen-bond donors (Lipinski definition) is 0. The van der Waals surface area contributed by atoms with Gasteiger partial charge in [0.1, 0.15) is 0 Å². The van der Waals surface area contributed by atoms with E-state index in [0.29, 0.717) is 17.3 Å². The fourth-order valence-corrected chi connectivity index (χ4v) is 2.17. The van der Waals surface area contributed by atoms with Gasteiger partial charge in [0.2, 0.25) is 5.69 Å². The molecule has 3 nitrogen and oxygen atoms in total. The van der Waals surface area contributed by atoms with Crippen molar-refractivity contribution < 1.29 is 9.15 Å². The average molecular weight is 265 g/mol. The van der Waals surface area contributed by atoms with Crippen molar-refractivity contribution in [2.75, 3.05) is 0 Å². The SMILES string of the molecule is Cc1oc(-c2ccc(-c3ccccc3)cc2)[n+]([O-])c1C. The summed E-state index contributed by atoms with van der Waals surface area (Å²) in [6.45, 7) is 3.55. The minimum atomic E-state index is 0.347. The molecule has 0 saturated carbocycles. The van der Waals surface area contributed by atoms with Crippen molar-refractivity contribution in [1.82, 2.24) is 0 Å². The minimum Gasteiger partial charge on any atom is -0.616 e. The highest BCUT2D eigenvalue weighted by Crippen LogP contribution is 2.24. The summed E-state index contributed by atoms with van der Waals surface area (Å²) >= 11 is 0. The van der Waals surface area contributed by atoms with Gasteiger partial charge in [-0.1, -0.05) is 42.5 Å². The fraction of sp³-hybridized carbons (Fsp3) is 0.118. The van der Waals surface area contributed by atoms with Crippen molar-refractivity contribution in [2.45, 2.75) is 13.8 Å². The van der Waals surface area contributed by atoms with Gasteiger partial charge in [-0.25, -0.2) is 0 Å². The number of hydrogen-bond acceptors (Lipinski definition) is 2. The van der Waals surface area contributed by atoms with Crippen LogP contribution < -0.4 is 4.73 Å². The second-order valence-corrected chi connectivity index (χ2v) is 4.79. The van der Waals surface area contributed by atoms with E-state index in [1.165, 1.54) is 0 Å². The molecule has 0 aliphatic rings. The Morgan fingerprint density at radius 1 is 0.800 bits per heavy atom. The van der Waals surface area contributed by atoms with Crippen LogP contribution >= 0.6 is 0 Å². The Kier molecular flexibility index (Phi) is 3.03. The van der Waals surface area contributed by atoms with Crippen molar-refractivity contribution in [3.8, 4) is 22.6 Å². The second-order valence-electron chi connectivity index (χ2n) is 4.79. The fourth-order valence-electron chi connectivity index (χ4n) is 2.17. The van der Waals surface area contributed by atoms with Gasteiger partial charge in [-0.05, 0) is 23.3 Å². The molecular formula is C17H15NO2. The third-order valence-corrected chi connectivity index (χ3v) is 3.49. The molecule has 0 saturated heterocycles. The molecule has 1 heterocycles. The minimum absolute atomic E-state index is 0.347. The van der Waals surface area contributed by atoms with Crippen molar-refractivity contribution in [1.29, 1.82) is 0 Å². The summed E-state index contributed by atoms with van der Waals surface area (Å²) in [5.74, 6) is 1.00. The first kappa shape index (κ1) is 12.5. The van der Waals surface area contributed by atoms with Crippen LogP contribution in [0.5, 0.6) is 0 Å². The van der Waals surface area contributed by atoms with Crippen molar-refractivity contribution in [2.24, 2.45) is 0 Å². The molecule has 100 valence electrons. The van der Waals surface area contributed by atoms with Gasteiger partial charge in [-0.15, -0.1) is 4.73 Å². The maximum atomic E-state index is 12.0. The van der Waals surface area contributed by atoms with Crippen LogP contribution in [-0.2, 0) is 0 Å². The number of oxazole rings is 1. The third kappa shape index (κ3) is 2.07. The van der Waals surface area contributed by atoms with E-state index >= 15 is 0 Å². The molecule has 0 aliphatic heterocycles. The maximum Gasteiger partial charge on any atom is 0.392 e. The van der Waals surface area contributed by atoms with Crippen LogP contribution in [0.4, 0.5) is 0 Å². The third-order valence-electron chi connectivity index (χ3n) is 3.49. The Labute approximate surface area is 117 Å². The summed E-state index contributed by atoms with van der Waals surface area (Å²) in [7, 11) is 0. The smallest absolute Gasteiger partial charge is 0.392 e. The monoisotopic (exact) mass is 265 g/mol. The molecule has 0 unspecified atom stereocenters. The molecule has 3 heteroatoms. The number of rotatable bonds is 2. The summed E-state index contributed by atoms with van der Waals surface area (Å²) in [4.78, 5) is 0. The van der Waals surface area contributed by atoms with Crippen molar-refractivity contribution >= 4 is 0 Å². The molecule has 3 rings (SSSR count). The molecule has 0 fully saturated rings. The van der Waals surface area contributed by atoms with Crippen molar-refractivity contribution in [3.05, 3.63) is 71.3 Å². The molecule has 1 aromatic heterocycles. The van der Waals surface area contributed by atoms with Crippen LogP contribution in [0.1, 0.15) is 11.5 Å². The van der Waals surface area contributed by atoms with Gasteiger partial charge in [0.25, 0.3) is 0 Å². The van der Waals surface area contributed by atoms with Gasteiger partial charge < -0.3 is 9.62 Å². The van der Waals surface area contributed by atoms with Crippen LogP contribution in [-0.4, -0.2) is 0 Å². The highest BCUT2D eigenvalue weighted by Gasteiger charge is 2.20. The Morgan fingerprint density at radius 3 is 1.90 bits per heavy atom. The topological polar surface area (TPSA) is 40.1 Å². The lowest BCUT2D eigenvalue weighted by molar-refractivity contribution is -0.602. The molecule has 0 amide bonds. The average Bonchev–Trinajstić information content (AvgIpc) is 2.76. The van der Waals surface area contributed by atoms with Gasteiger partial charge >= 0.3 is 5.89 Å². The predicted molar refractivity (Wildman–Crippen MR) is 78.0 cm³/mol. The molecule has 2 aromatic carbocycles. The molecule has 0 spiro atoms. The molecule has 0 atom stereocenters. The van der Waals surface area contributed by atoms with Gasteiger partial charge in [-0.2, -0.15) is 0 Å². The van der Waals surface area contributed by atoms with E-state index in [2.05, 4.69) is 12.1 Å². The summed E-state index contributed by atoms with van der Waals surface area (Å²) in [6.07, 6.45) is 0. The van der Waals surface area contributed by atoms with E-state index in [4.69, 9.17) is 4.42 Å². The Bertz CT molecular complexity index is 728. The molecule has 0 aliphatic carbocycles. The van der Waals surface area contributed by atoms with Crippen LogP contribution in [0.2, 0.25) is 0 Å². The molecular weight excluding hydrogens is 250 g/mol. The number of aryl methyl sites for hydroxylation is 1. The van der Waals surface area contributed by atoms with Gasteiger partial charge in [0.05, 0.1) is 5.56 Å². The normalized spacial score (nSPS) is 10.7. The van der Waals surface area contributed by atoms with E-state index in [0.717, 1.165) is 21.4 Å². The first-order valence-electron chi connectivity index (χ1n) is 6.52. The van der Waals surface area contributed by atoms with Crippen LogP contribution in [0.25, 0.3) is 22.6 Å². The van der Waals surface area contributed by atoms with E-state index in [9.17, 15) is 5.21 Å². The van der Waals surface area contributed by atoms with E-state index < -0.39 is 0 Å². The first-order valence-corrected chi connectivity index (χ1v) is 6.52. The molecule has 20 heavy (non-hydrogen) atoms. The quantitative estimate of drug-likeness (QED) is 0.521. The Hall–Kier alpha value is -2.55. The van der Waals surface area contributed by atoms with Crippen LogP contribution in [0.3, 0.4) is 0 Å². The molecule has 3 aromatic rings. The summed E-state index contributed by atoms with van der Waals surface area (Å²) in [6, 6.07) is 17.9. The molecule has 0 radical (unpaired) electrons.